The zero-order chi connectivity index (χ0) is 21.8. The van der Waals surface area contributed by atoms with Crippen LogP contribution in [-0.4, -0.2) is 65.5 Å². The van der Waals surface area contributed by atoms with Gasteiger partial charge in [-0.2, -0.15) is 11.8 Å². The van der Waals surface area contributed by atoms with E-state index < -0.39 is 41.8 Å². The number of carboxylic acid groups (broad SMARTS) is 1. The summed E-state index contributed by atoms with van der Waals surface area (Å²) in [5.74, 6) is -2.18. The second-order valence-electron chi connectivity index (χ2n) is 6.43. The van der Waals surface area contributed by atoms with Gasteiger partial charge in [0.25, 0.3) is 0 Å². The van der Waals surface area contributed by atoms with Crippen LogP contribution in [0.5, 0.6) is 0 Å². The Morgan fingerprint density at radius 1 is 1.03 bits per heavy atom. The Hall–Kier alpha value is -2.59. The molecule has 0 saturated heterocycles. The highest BCUT2D eigenvalue weighted by atomic mass is 32.2. The SMILES string of the molecule is CSCCC(NC(=O)CN)C(=O)NC(C)C(=O)NC(Cc1ccccc1)C(=O)O. The summed E-state index contributed by atoms with van der Waals surface area (Å²) in [5, 5.41) is 16.9. The molecule has 0 spiro atoms. The number of rotatable bonds is 12. The third-order valence-electron chi connectivity index (χ3n) is 4.10. The average molecular weight is 425 g/mol. The fourth-order valence-electron chi connectivity index (χ4n) is 2.48. The van der Waals surface area contributed by atoms with E-state index in [1.807, 2.05) is 12.3 Å². The molecule has 160 valence electrons. The summed E-state index contributed by atoms with van der Waals surface area (Å²) in [6.07, 6.45) is 2.36. The Morgan fingerprint density at radius 2 is 1.69 bits per heavy atom. The molecule has 9 nitrogen and oxygen atoms in total. The zero-order valence-corrected chi connectivity index (χ0v) is 17.3. The second kappa shape index (κ2) is 12.8. The fraction of sp³-hybridized carbons (Fsp3) is 0.474. The average Bonchev–Trinajstić information content (AvgIpc) is 2.70. The molecule has 0 bridgehead atoms. The van der Waals surface area contributed by atoms with Crippen LogP contribution in [-0.2, 0) is 25.6 Å². The van der Waals surface area contributed by atoms with Crippen LogP contribution < -0.4 is 21.7 Å². The molecule has 0 aliphatic rings. The molecule has 3 atom stereocenters. The van der Waals surface area contributed by atoms with Crippen molar-refractivity contribution < 1.29 is 24.3 Å². The van der Waals surface area contributed by atoms with Crippen LogP contribution in [0.1, 0.15) is 18.9 Å². The Labute approximate surface area is 174 Å². The van der Waals surface area contributed by atoms with Crippen molar-refractivity contribution in [1.82, 2.24) is 16.0 Å². The maximum atomic E-state index is 12.5. The first-order valence-electron chi connectivity index (χ1n) is 9.14. The number of carbonyl (C=O) groups excluding carboxylic acids is 3. The van der Waals surface area contributed by atoms with E-state index in [-0.39, 0.29) is 13.0 Å². The molecular formula is C19H28N4O5S. The lowest BCUT2D eigenvalue weighted by atomic mass is 10.1. The summed E-state index contributed by atoms with van der Waals surface area (Å²) in [4.78, 5) is 47.9. The van der Waals surface area contributed by atoms with Crippen molar-refractivity contribution in [2.24, 2.45) is 5.73 Å². The lowest BCUT2D eigenvalue weighted by molar-refractivity contribution is -0.142. The maximum absolute atomic E-state index is 12.5. The van der Waals surface area contributed by atoms with Gasteiger partial charge in [0.05, 0.1) is 6.54 Å². The summed E-state index contributed by atoms with van der Waals surface area (Å²) in [6.45, 7) is 1.20. The predicted octanol–water partition coefficient (Wildman–Crippen LogP) is -0.500. The topological polar surface area (TPSA) is 151 Å². The smallest absolute Gasteiger partial charge is 0.326 e. The molecule has 1 aromatic rings. The molecular weight excluding hydrogens is 396 g/mol. The van der Waals surface area contributed by atoms with Crippen LogP contribution in [0, 0.1) is 0 Å². The lowest BCUT2D eigenvalue weighted by Crippen LogP contribution is -2.55. The van der Waals surface area contributed by atoms with Crippen molar-refractivity contribution >= 4 is 35.5 Å². The number of carbonyl (C=O) groups is 4. The molecule has 29 heavy (non-hydrogen) atoms. The van der Waals surface area contributed by atoms with Crippen LogP contribution in [0.2, 0.25) is 0 Å². The van der Waals surface area contributed by atoms with Gasteiger partial charge in [-0.3, -0.25) is 14.4 Å². The van der Waals surface area contributed by atoms with Crippen LogP contribution in [0.15, 0.2) is 30.3 Å². The van der Waals surface area contributed by atoms with Crippen molar-refractivity contribution in [3.63, 3.8) is 0 Å². The zero-order valence-electron chi connectivity index (χ0n) is 16.5. The van der Waals surface area contributed by atoms with Crippen LogP contribution in [0.3, 0.4) is 0 Å². The quantitative estimate of drug-likeness (QED) is 0.303. The molecule has 0 aromatic heterocycles. The summed E-state index contributed by atoms with van der Waals surface area (Å²) in [7, 11) is 0. The molecule has 1 aromatic carbocycles. The monoisotopic (exact) mass is 424 g/mol. The Kier molecular flexibility index (Phi) is 10.8. The standard InChI is InChI=1S/C19H28N4O5S/c1-12(21-18(26)14(8-9-29-2)22-16(24)11-20)17(25)23-15(19(27)28)10-13-6-4-3-5-7-13/h3-7,12,14-15H,8-11,20H2,1-2H3,(H,21,26)(H,22,24)(H,23,25)(H,27,28). The Morgan fingerprint density at radius 3 is 2.24 bits per heavy atom. The second-order valence-corrected chi connectivity index (χ2v) is 7.41. The molecule has 0 aliphatic heterocycles. The lowest BCUT2D eigenvalue weighted by Gasteiger charge is -2.22. The first-order chi connectivity index (χ1) is 13.8. The number of aliphatic carboxylic acids is 1. The largest absolute Gasteiger partial charge is 0.480 e. The summed E-state index contributed by atoms with van der Waals surface area (Å²) >= 11 is 1.51. The van der Waals surface area contributed by atoms with Crippen LogP contribution >= 0.6 is 11.8 Å². The van der Waals surface area contributed by atoms with Gasteiger partial charge in [-0.15, -0.1) is 0 Å². The molecule has 6 N–H and O–H groups in total. The number of nitrogens with two attached hydrogens (primary N) is 1. The van der Waals surface area contributed by atoms with E-state index in [9.17, 15) is 24.3 Å². The minimum Gasteiger partial charge on any atom is -0.480 e. The first-order valence-corrected chi connectivity index (χ1v) is 10.5. The number of amides is 3. The van der Waals surface area contributed by atoms with Gasteiger partial charge in [0, 0.05) is 6.42 Å². The molecule has 0 saturated carbocycles. The molecule has 0 radical (unpaired) electrons. The van der Waals surface area contributed by atoms with Crippen molar-refractivity contribution in [3.05, 3.63) is 35.9 Å². The Balaban J connectivity index is 2.70. The van der Waals surface area contributed by atoms with Crippen molar-refractivity contribution in [3.8, 4) is 0 Å². The van der Waals surface area contributed by atoms with Crippen molar-refractivity contribution in [2.75, 3.05) is 18.6 Å². The van der Waals surface area contributed by atoms with Gasteiger partial charge >= 0.3 is 5.97 Å². The van der Waals surface area contributed by atoms with Gasteiger partial charge in [0.15, 0.2) is 0 Å². The molecule has 1 rings (SSSR count). The molecule has 10 heteroatoms. The highest BCUT2D eigenvalue weighted by Crippen LogP contribution is 2.05. The van der Waals surface area contributed by atoms with E-state index in [1.165, 1.54) is 18.7 Å². The summed E-state index contributed by atoms with van der Waals surface area (Å²) in [5.41, 5.74) is 6.04. The highest BCUT2D eigenvalue weighted by Gasteiger charge is 2.27. The number of hydrogen-bond acceptors (Lipinski definition) is 6. The Bertz CT molecular complexity index is 701. The van der Waals surface area contributed by atoms with Crippen molar-refractivity contribution in [1.29, 1.82) is 0 Å². The van der Waals surface area contributed by atoms with Gasteiger partial charge in [-0.05, 0) is 30.9 Å². The van der Waals surface area contributed by atoms with E-state index in [1.54, 1.807) is 24.3 Å². The third kappa shape index (κ3) is 8.97. The van der Waals surface area contributed by atoms with E-state index >= 15 is 0 Å². The first kappa shape index (κ1) is 24.4. The number of nitrogens with one attached hydrogen (secondary N) is 3. The molecule has 0 heterocycles. The van der Waals surface area contributed by atoms with Gasteiger partial charge < -0.3 is 26.8 Å². The van der Waals surface area contributed by atoms with Gasteiger partial charge in [-0.25, -0.2) is 4.79 Å². The van der Waals surface area contributed by atoms with Gasteiger partial charge in [-0.1, -0.05) is 30.3 Å². The number of hydrogen-bond donors (Lipinski definition) is 5. The van der Waals surface area contributed by atoms with Gasteiger partial charge in [0.1, 0.15) is 18.1 Å². The highest BCUT2D eigenvalue weighted by molar-refractivity contribution is 7.98. The fourth-order valence-corrected chi connectivity index (χ4v) is 2.96. The van der Waals surface area contributed by atoms with Crippen molar-refractivity contribution in [2.45, 2.75) is 37.9 Å². The number of carboxylic acids is 1. The summed E-state index contributed by atoms with van der Waals surface area (Å²) < 4.78 is 0. The van der Waals surface area contributed by atoms with Crippen LogP contribution in [0.4, 0.5) is 0 Å². The minimum atomic E-state index is -1.17. The van der Waals surface area contributed by atoms with Crippen LogP contribution in [0.25, 0.3) is 0 Å². The predicted molar refractivity (Wildman–Crippen MR) is 111 cm³/mol. The third-order valence-corrected chi connectivity index (χ3v) is 4.74. The molecule has 3 unspecified atom stereocenters. The van der Waals surface area contributed by atoms with E-state index in [4.69, 9.17) is 5.73 Å². The van der Waals surface area contributed by atoms with Gasteiger partial charge in [0.2, 0.25) is 17.7 Å². The van der Waals surface area contributed by atoms with E-state index in [0.717, 1.165) is 5.56 Å². The summed E-state index contributed by atoms with van der Waals surface area (Å²) in [6, 6.07) is 5.97. The minimum absolute atomic E-state index is 0.117. The van der Waals surface area contributed by atoms with E-state index in [0.29, 0.717) is 12.2 Å². The molecule has 3 amide bonds. The number of thioether (sulfide) groups is 1. The van der Waals surface area contributed by atoms with E-state index in [2.05, 4.69) is 16.0 Å². The molecule has 0 fully saturated rings. The molecule has 0 aliphatic carbocycles. The maximum Gasteiger partial charge on any atom is 0.326 e. The number of benzene rings is 1. The normalized spacial score (nSPS) is 13.6.